The van der Waals surface area contributed by atoms with Gasteiger partial charge in [0.1, 0.15) is 9.84 Å². The summed E-state index contributed by atoms with van der Waals surface area (Å²) in [7, 11) is 0.878. The summed E-state index contributed by atoms with van der Waals surface area (Å²) in [5.41, 5.74) is 0. The Hall–Kier alpha value is -0.460. The Morgan fingerprint density at radius 3 is 2.53 bits per heavy atom. The minimum Gasteiger partial charge on any atom is -0.304 e. The molecular weight excluding hydrogens is 240 g/mol. The molecular formula is C11H22N2O3S. The van der Waals surface area contributed by atoms with Crippen molar-refractivity contribution < 1.29 is 13.2 Å². The third-order valence-electron chi connectivity index (χ3n) is 3.16. The molecule has 0 radical (unpaired) electrons. The first-order chi connectivity index (χ1) is 7.79. The third-order valence-corrected chi connectivity index (χ3v) is 4.10. The summed E-state index contributed by atoms with van der Waals surface area (Å²) in [6, 6.07) is -0.163. The fourth-order valence-corrected chi connectivity index (χ4v) is 2.64. The molecule has 0 amide bonds. The van der Waals surface area contributed by atoms with Crippen LogP contribution in [0.25, 0.3) is 0 Å². The smallest absolute Gasteiger partial charge is 0.152 e. The molecule has 0 aromatic carbocycles. The summed E-state index contributed by atoms with van der Waals surface area (Å²) in [5, 5.41) is 0. The molecule has 1 aliphatic heterocycles. The minimum atomic E-state index is -3.05. The summed E-state index contributed by atoms with van der Waals surface area (Å²) in [6.45, 7) is 2.57. The van der Waals surface area contributed by atoms with Crippen LogP contribution in [0, 0.1) is 0 Å². The van der Waals surface area contributed by atoms with Crippen LogP contribution in [0.2, 0.25) is 0 Å². The highest BCUT2D eigenvalue weighted by atomic mass is 32.2. The van der Waals surface area contributed by atoms with Crippen LogP contribution in [0.4, 0.5) is 0 Å². The summed E-state index contributed by atoms with van der Waals surface area (Å²) in [5.74, 6) is -0.00782. The number of carbonyl (C=O) groups is 1. The number of ketones is 1. The fourth-order valence-electron chi connectivity index (χ4n) is 2.07. The van der Waals surface area contributed by atoms with Crippen molar-refractivity contribution in [3.05, 3.63) is 0 Å². The zero-order valence-electron chi connectivity index (χ0n) is 10.8. The predicted molar refractivity (Wildman–Crippen MR) is 67.9 cm³/mol. The lowest BCUT2D eigenvalue weighted by molar-refractivity contribution is -0.123. The summed E-state index contributed by atoms with van der Waals surface area (Å²) < 4.78 is 22.1. The first kappa shape index (κ1) is 14.6. The van der Waals surface area contributed by atoms with E-state index in [4.69, 9.17) is 0 Å². The SMILES string of the molecule is CN1CCCN(C)C(C(=O)CCS(C)(=O)=O)C1. The number of rotatable bonds is 4. The number of sulfone groups is 1. The Labute approximate surface area is 104 Å². The molecule has 0 spiro atoms. The number of nitrogens with zero attached hydrogens (tertiary/aromatic N) is 2. The van der Waals surface area contributed by atoms with Gasteiger partial charge in [0.05, 0.1) is 11.8 Å². The molecule has 1 rings (SSSR count). The number of hydrogen-bond acceptors (Lipinski definition) is 5. The Morgan fingerprint density at radius 2 is 1.94 bits per heavy atom. The lowest BCUT2D eigenvalue weighted by atomic mass is 10.1. The molecule has 17 heavy (non-hydrogen) atoms. The van der Waals surface area contributed by atoms with Gasteiger partial charge < -0.3 is 4.90 Å². The highest BCUT2D eigenvalue weighted by Gasteiger charge is 2.26. The van der Waals surface area contributed by atoms with Crippen molar-refractivity contribution >= 4 is 15.6 Å². The van der Waals surface area contributed by atoms with Crippen molar-refractivity contribution in [1.82, 2.24) is 9.80 Å². The molecule has 1 unspecified atom stereocenters. The van der Waals surface area contributed by atoms with Gasteiger partial charge in [-0.15, -0.1) is 0 Å². The van der Waals surface area contributed by atoms with Crippen molar-refractivity contribution in [2.75, 3.05) is 45.7 Å². The Morgan fingerprint density at radius 1 is 1.29 bits per heavy atom. The molecule has 0 saturated carbocycles. The molecule has 1 saturated heterocycles. The maximum absolute atomic E-state index is 12.0. The van der Waals surface area contributed by atoms with E-state index in [9.17, 15) is 13.2 Å². The van der Waals surface area contributed by atoms with E-state index in [-0.39, 0.29) is 24.0 Å². The van der Waals surface area contributed by atoms with E-state index < -0.39 is 9.84 Å². The second-order valence-corrected chi connectivity index (χ2v) is 7.22. The molecule has 1 atom stereocenters. The molecule has 0 N–H and O–H groups in total. The van der Waals surface area contributed by atoms with Crippen LogP contribution in [-0.2, 0) is 14.6 Å². The topological polar surface area (TPSA) is 57.7 Å². The van der Waals surface area contributed by atoms with Gasteiger partial charge in [-0.25, -0.2) is 8.42 Å². The van der Waals surface area contributed by atoms with E-state index in [1.54, 1.807) is 0 Å². The second kappa shape index (κ2) is 5.93. The standard InChI is InChI=1S/C11H22N2O3S/c1-12-6-4-7-13(2)10(9-12)11(14)5-8-17(3,15)16/h10H,4-9H2,1-3H3. The van der Waals surface area contributed by atoms with Crippen LogP contribution in [-0.4, -0.2) is 75.8 Å². The number of carbonyl (C=O) groups excluding carboxylic acids is 1. The van der Waals surface area contributed by atoms with Gasteiger partial charge in [-0.1, -0.05) is 0 Å². The lowest BCUT2D eigenvalue weighted by Crippen LogP contribution is -2.44. The van der Waals surface area contributed by atoms with Gasteiger partial charge in [-0.05, 0) is 33.6 Å². The highest BCUT2D eigenvalue weighted by Crippen LogP contribution is 2.09. The van der Waals surface area contributed by atoms with Gasteiger partial charge >= 0.3 is 0 Å². The molecule has 0 aromatic heterocycles. The summed E-state index contributed by atoms with van der Waals surface area (Å²) >= 11 is 0. The summed E-state index contributed by atoms with van der Waals surface area (Å²) in [4.78, 5) is 16.2. The van der Waals surface area contributed by atoms with Crippen LogP contribution in [0.15, 0.2) is 0 Å². The number of likely N-dealkylation sites (N-methyl/N-ethyl adjacent to an activating group) is 2. The molecule has 100 valence electrons. The van der Waals surface area contributed by atoms with Crippen LogP contribution in [0.5, 0.6) is 0 Å². The molecule has 1 fully saturated rings. The van der Waals surface area contributed by atoms with Crippen molar-refractivity contribution in [2.24, 2.45) is 0 Å². The molecule has 1 heterocycles. The van der Waals surface area contributed by atoms with Gasteiger partial charge in [-0.2, -0.15) is 0 Å². The van der Waals surface area contributed by atoms with Crippen LogP contribution in [0.3, 0.4) is 0 Å². The maximum Gasteiger partial charge on any atom is 0.152 e. The largest absolute Gasteiger partial charge is 0.304 e. The van der Waals surface area contributed by atoms with Gasteiger partial charge in [0.25, 0.3) is 0 Å². The molecule has 1 aliphatic rings. The molecule has 6 heteroatoms. The van der Waals surface area contributed by atoms with Crippen molar-refractivity contribution in [3.8, 4) is 0 Å². The maximum atomic E-state index is 12.0. The first-order valence-corrected chi connectivity index (χ1v) is 7.95. The van der Waals surface area contributed by atoms with Gasteiger partial charge in [0, 0.05) is 19.2 Å². The zero-order chi connectivity index (χ0) is 13.1. The quantitative estimate of drug-likeness (QED) is 0.691. The average Bonchev–Trinajstić information content (AvgIpc) is 2.36. The van der Waals surface area contributed by atoms with Crippen molar-refractivity contribution in [2.45, 2.75) is 18.9 Å². The monoisotopic (exact) mass is 262 g/mol. The van der Waals surface area contributed by atoms with E-state index in [1.807, 2.05) is 19.0 Å². The molecule has 5 nitrogen and oxygen atoms in total. The Bertz CT molecular complexity index is 367. The van der Waals surface area contributed by atoms with Gasteiger partial charge in [0.15, 0.2) is 5.78 Å². The van der Waals surface area contributed by atoms with E-state index in [2.05, 4.69) is 4.90 Å². The molecule has 0 aromatic rings. The van der Waals surface area contributed by atoms with Gasteiger partial charge in [0.2, 0.25) is 0 Å². The lowest BCUT2D eigenvalue weighted by Gasteiger charge is -2.26. The van der Waals surface area contributed by atoms with Crippen LogP contribution < -0.4 is 0 Å². The number of hydrogen-bond donors (Lipinski definition) is 0. The van der Waals surface area contributed by atoms with E-state index in [1.165, 1.54) is 6.26 Å². The van der Waals surface area contributed by atoms with E-state index >= 15 is 0 Å². The van der Waals surface area contributed by atoms with E-state index in [0.29, 0.717) is 6.54 Å². The highest BCUT2D eigenvalue weighted by molar-refractivity contribution is 7.90. The zero-order valence-corrected chi connectivity index (χ0v) is 11.7. The van der Waals surface area contributed by atoms with Crippen LogP contribution >= 0.6 is 0 Å². The van der Waals surface area contributed by atoms with Crippen molar-refractivity contribution in [1.29, 1.82) is 0 Å². The summed E-state index contributed by atoms with van der Waals surface area (Å²) in [6.07, 6.45) is 2.34. The Kier molecular flexibility index (Phi) is 5.09. The fraction of sp³-hybridized carbons (Fsp3) is 0.909. The normalized spacial score (nSPS) is 24.5. The minimum absolute atomic E-state index is 0.0340. The third kappa shape index (κ3) is 5.14. The first-order valence-electron chi connectivity index (χ1n) is 5.89. The average molecular weight is 262 g/mol. The molecule has 0 aliphatic carbocycles. The van der Waals surface area contributed by atoms with Crippen LogP contribution in [0.1, 0.15) is 12.8 Å². The van der Waals surface area contributed by atoms with Crippen molar-refractivity contribution in [3.63, 3.8) is 0 Å². The number of Topliss-reactive ketones (excluding diaryl/α,β-unsaturated/α-hetero) is 1. The Balaban J connectivity index is 2.59. The molecule has 0 bridgehead atoms. The van der Waals surface area contributed by atoms with E-state index in [0.717, 1.165) is 19.5 Å². The predicted octanol–water partition coefficient (Wildman–Crippen LogP) is -0.374. The van der Waals surface area contributed by atoms with Gasteiger partial charge in [-0.3, -0.25) is 9.69 Å². The second-order valence-electron chi connectivity index (χ2n) is 4.96.